The molecule has 1 saturated heterocycles. The van der Waals surface area contributed by atoms with E-state index >= 15 is 0 Å². The molecule has 0 amide bonds. The van der Waals surface area contributed by atoms with Crippen molar-refractivity contribution in [1.29, 1.82) is 0 Å². The van der Waals surface area contributed by atoms with E-state index < -0.39 is 17.7 Å². The van der Waals surface area contributed by atoms with Crippen molar-refractivity contribution in [2.24, 2.45) is 0 Å². The summed E-state index contributed by atoms with van der Waals surface area (Å²) in [7, 11) is 2.60. The molecule has 0 saturated carbocycles. The third-order valence-electron chi connectivity index (χ3n) is 4.03. The van der Waals surface area contributed by atoms with Gasteiger partial charge < -0.3 is 24.1 Å². The Balaban J connectivity index is 2.16. The minimum atomic E-state index is -0.580. The highest BCUT2D eigenvalue weighted by molar-refractivity contribution is 5.89. The number of rotatable bonds is 4. The lowest BCUT2D eigenvalue weighted by molar-refractivity contribution is -0.163. The second-order valence-electron chi connectivity index (χ2n) is 5.32. The van der Waals surface area contributed by atoms with Crippen molar-refractivity contribution in [3.05, 3.63) is 22.7 Å². The number of hydrogen-bond acceptors (Lipinski definition) is 6. The Labute approximate surface area is 124 Å². The van der Waals surface area contributed by atoms with E-state index in [9.17, 15) is 9.90 Å². The minimum absolute atomic E-state index is 0.138. The second kappa shape index (κ2) is 6.49. The van der Waals surface area contributed by atoms with Crippen LogP contribution in [0, 0.1) is 0 Å². The van der Waals surface area contributed by atoms with Gasteiger partial charge in [0, 0.05) is 19.3 Å². The molecule has 118 valence electrons. The zero-order valence-corrected chi connectivity index (χ0v) is 12.7. The van der Waals surface area contributed by atoms with Crippen LogP contribution in [0.2, 0.25) is 0 Å². The van der Waals surface area contributed by atoms with Crippen LogP contribution in [0.1, 0.15) is 32.6 Å². The van der Waals surface area contributed by atoms with Gasteiger partial charge in [-0.05, 0) is 13.3 Å². The molecule has 21 heavy (non-hydrogen) atoms. The van der Waals surface area contributed by atoms with E-state index in [4.69, 9.17) is 18.9 Å². The van der Waals surface area contributed by atoms with E-state index in [1.807, 2.05) is 6.92 Å². The summed E-state index contributed by atoms with van der Waals surface area (Å²) >= 11 is 0. The molecular formula is C15H22O6. The Morgan fingerprint density at radius 3 is 2.48 bits per heavy atom. The van der Waals surface area contributed by atoms with Gasteiger partial charge in [-0.2, -0.15) is 0 Å². The molecule has 0 radical (unpaired) electrons. The van der Waals surface area contributed by atoms with E-state index in [0.29, 0.717) is 26.1 Å². The van der Waals surface area contributed by atoms with Gasteiger partial charge in [0.2, 0.25) is 0 Å². The fourth-order valence-electron chi connectivity index (χ4n) is 2.85. The molecule has 2 rings (SSSR count). The predicted molar refractivity (Wildman–Crippen MR) is 74.5 cm³/mol. The number of ether oxygens (including phenoxy) is 4. The molecule has 1 fully saturated rings. The molecule has 0 aromatic carbocycles. The van der Waals surface area contributed by atoms with Crippen LogP contribution in [0.15, 0.2) is 22.7 Å². The summed E-state index contributed by atoms with van der Waals surface area (Å²) in [6.07, 6.45) is 2.50. The first-order chi connectivity index (χ1) is 10.0. The summed E-state index contributed by atoms with van der Waals surface area (Å²) in [6, 6.07) is 0. The molecule has 0 aromatic heterocycles. The van der Waals surface area contributed by atoms with Gasteiger partial charge in [0.25, 0.3) is 5.95 Å². The topological polar surface area (TPSA) is 74.2 Å². The number of carbonyl (C=O) groups is 1. The molecule has 1 heterocycles. The number of methoxy groups -OCH3 is 2. The molecule has 0 atom stereocenters. The first-order valence-corrected chi connectivity index (χ1v) is 7.01. The summed E-state index contributed by atoms with van der Waals surface area (Å²) in [6.45, 7) is 3.25. The summed E-state index contributed by atoms with van der Waals surface area (Å²) in [5, 5.41) is 9.73. The maximum Gasteiger partial charge on any atom is 0.341 e. The third-order valence-corrected chi connectivity index (χ3v) is 4.03. The van der Waals surface area contributed by atoms with E-state index in [-0.39, 0.29) is 5.57 Å². The van der Waals surface area contributed by atoms with Gasteiger partial charge >= 0.3 is 5.97 Å². The molecule has 1 aliphatic carbocycles. The van der Waals surface area contributed by atoms with Crippen molar-refractivity contribution in [1.82, 2.24) is 0 Å². The van der Waals surface area contributed by atoms with Crippen LogP contribution in [0.4, 0.5) is 0 Å². The van der Waals surface area contributed by atoms with Gasteiger partial charge in [0.05, 0.1) is 27.4 Å². The van der Waals surface area contributed by atoms with E-state index in [0.717, 1.165) is 24.0 Å². The molecule has 1 N–H and O–H groups in total. The molecule has 1 spiro atoms. The molecule has 0 unspecified atom stereocenters. The van der Waals surface area contributed by atoms with Crippen LogP contribution in [0.3, 0.4) is 0 Å². The largest absolute Gasteiger partial charge is 0.481 e. The van der Waals surface area contributed by atoms with Crippen molar-refractivity contribution in [3.8, 4) is 0 Å². The Morgan fingerprint density at radius 2 is 1.95 bits per heavy atom. The van der Waals surface area contributed by atoms with Crippen molar-refractivity contribution in [3.63, 3.8) is 0 Å². The highest BCUT2D eigenvalue weighted by Crippen LogP contribution is 2.40. The van der Waals surface area contributed by atoms with Crippen LogP contribution in [-0.2, 0) is 23.7 Å². The van der Waals surface area contributed by atoms with Crippen molar-refractivity contribution >= 4 is 5.97 Å². The molecule has 6 nitrogen and oxygen atoms in total. The number of hydrogen-bond donors (Lipinski definition) is 1. The quantitative estimate of drug-likeness (QED) is 0.371. The number of esters is 1. The predicted octanol–water partition coefficient (Wildman–Crippen LogP) is 2.21. The Morgan fingerprint density at radius 1 is 1.29 bits per heavy atom. The van der Waals surface area contributed by atoms with Crippen molar-refractivity contribution < 1.29 is 28.8 Å². The monoisotopic (exact) mass is 298 g/mol. The Hall–Kier alpha value is -1.53. The normalized spacial score (nSPS) is 22.2. The molecule has 0 aromatic rings. The summed E-state index contributed by atoms with van der Waals surface area (Å²) < 4.78 is 20.9. The first kappa shape index (κ1) is 15.9. The molecular weight excluding hydrogens is 276 g/mol. The maximum absolute atomic E-state index is 11.8. The minimum Gasteiger partial charge on any atom is -0.481 e. The molecule has 6 heteroatoms. The van der Waals surface area contributed by atoms with Gasteiger partial charge in [-0.15, -0.1) is 0 Å². The highest BCUT2D eigenvalue weighted by atomic mass is 16.7. The van der Waals surface area contributed by atoms with Crippen LogP contribution >= 0.6 is 0 Å². The zero-order valence-electron chi connectivity index (χ0n) is 12.7. The van der Waals surface area contributed by atoms with Gasteiger partial charge in [-0.25, -0.2) is 4.79 Å². The van der Waals surface area contributed by atoms with Gasteiger partial charge in [-0.3, -0.25) is 0 Å². The van der Waals surface area contributed by atoms with Crippen LogP contribution in [-0.4, -0.2) is 44.3 Å². The summed E-state index contributed by atoms with van der Waals surface area (Å²) in [4.78, 5) is 11.8. The Bertz CT molecular complexity index is 471. The number of carbonyl (C=O) groups excluding carboxylic acids is 1. The lowest BCUT2D eigenvalue weighted by atomic mass is 9.85. The summed E-state index contributed by atoms with van der Waals surface area (Å²) in [5.74, 6) is -1.47. The van der Waals surface area contributed by atoms with Crippen LogP contribution in [0.5, 0.6) is 0 Å². The van der Waals surface area contributed by atoms with Crippen molar-refractivity contribution in [2.45, 2.75) is 38.4 Å². The summed E-state index contributed by atoms with van der Waals surface area (Å²) in [5.41, 5.74) is 2.34. The van der Waals surface area contributed by atoms with E-state index in [1.54, 1.807) is 0 Å². The second-order valence-corrected chi connectivity index (χ2v) is 5.32. The number of allylic oxidation sites excluding steroid dienone is 1. The fraction of sp³-hybridized carbons (Fsp3) is 0.667. The molecule has 1 aliphatic heterocycles. The van der Waals surface area contributed by atoms with Gasteiger partial charge in [-0.1, -0.05) is 11.1 Å². The van der Waals surface area contributed by atoms with E-state index in [1.165, 1.54) is 14.2 Å². The number of aliphatic hydroxyl groups excluding tert-OH is 1. The van der Waals surface area contributed by atoms with Crippen molar-refractivity contribution in [2.75, 3.05) is 27.4 Å². The first-order valence-electron chi connectivity index (χ1n) is 7.01. The highest BCUT2D eigenvalue weighted by Gasteiger charge is 2.40. The lowest BCUT2D eigenvalue weighted by Gasteiger charge is -2.33. The average molecular weight is 298 g/mol. The van der Waals surface area contributed by atoms with Crippen LogP contribution in [0.25, 0.3) is 0 Å². The smallest absolute Gasteiger partial charge is 0.341 e. The fourth-order valence-corrected chi connectivity index (χ4v) is 2.85. The van der Waals surface area contributed by atoms with Gasteiger partial charge in [0.15, 0.2) is 5.79 Å². The molecule has 2 aliphatic rings. The maximum atomic E-state index is 11.8. The third kappa shape index (κ3) is 3.39. The van der Waals surface area contributed by atoms with Gasteiger partial charge in [0.1, 0.15) is 5.57 Å². The molecule has 0 bridgehead atoms. The van der Waals surface area contributed by atoms with E-state index in [2.05, 4.69) is 0 Å². The lowest BCUT2D eigenvalue weighted by Crippen LogP contribution is -2.33. The average Bonchev–Trinajstić information content (AvgIpc) is 2.93. The SMILES string of the molecule is COC(=O)/C(CC1=C(C)CC2(CC1)OCCO2)=C(\O)OC. The standard InChI is InChI=1S/C15H22O6/c1-10-9-15(20-6-7-21-15)5-4-11(10)8-12(13(16)18-2)14(17)19-3/h16H,4-9H2,1-3H3/b13-12+. The number of aliphatic hydroxyl groups is 1. The Kier molecular flexibility index (Phi) is 4.90. The zero-order chi connectivity index (χ0) is 15.5. The van der Waals surface area contributed by atoms with Crippen LogP contribution < -0.4 is 0 Å².